The Balaban J connectivity index is 1.87. The number of hydrogen-bond donors (Lipinski definition) is 1. The van der Waals surface area contributed by atoms with Crippen LogP contribution in [0.1, 0.15) is 45.6 Å². The maximum Gasteiger partial charge on any atom is 0.0721 e. The van der Waals surface area contributed by atoms with Crippen molar-refractivity contribution < 1.29 is 4.74 Å². The molecule has 2 nitrogen and oxygen atoms in total. The van der Waals surface area contributed by atoms with Gasteiger partial charge in [0.05, 0.1) is 12.7 Å². The van der Waals surface area contributed by atoms with Gasteiger partial charge in [-0.15, -0.1) is 0 Å². The van der Waals surface area contributed by atoms with Gasteiger partial charge < -0.3 is 10.1 Å². The molecular formula is C17H26ClNO. The highest BCUT2D eigenvalue weighted by Gasteiger charge is 2.50. The quantitative estimate of drug-likeness (QED) is 0.804. The zero-order valence-corrected chi connectivity index (χ0v) is 13.5. The molecule has 1 aromatic rings. The molecule has 0 amide bonds. The maximum atomic E-state index is 6.14. The smallest absolute Gasteiger partial charge is 0.0721 e. The second-order valence-corrected chi connectivity index (χ2v) is 6.47. The Morgan fingerprint density at radius 2 is 2.20 bits per heavy atom. The average Bonchev–Trinajstić information content (AvgIpc) is 2.45. The first-order valence-corrected chi connectivity index (χ1v) is 8.07. The van der Waals surface area contributed by atoms with Crippen molar-refractivity contribution in [2.24, 2.45) is 5.41 Å². The molecule has 20 heavy (non-hydrogen) atoms. The molecule has 3 atom stereocenters. The molecule has 1 aliphatic rings. The monoisotopic (exact) mass is 295 g/mol. The number of hydrogen-bond acceptors (Lipinski definition) is 2. The van der Waals surface area contributed by atoms with E-state index in [-0.39, 0.29) is 5.41 Å². The maximum absolute atomic E-state index is 6.14. The first kappa shape index (κ1) is 15.8. The van der Waals surface area contributed by atoms with Crippen LogP contribution in [0.2, 0.25) is 5.02 Å². The summed E-state index contributed by atoms with van der Waals surface area (Å²) in [6, 6.07) is 8.52. The Kier molecular flexibility index (Phi) is 5.48. The lowest BCUT2D eigenvalue weighted by molar-refractivity contribution is -0.135. The molecule has 1 aliphatic carbocycles. The third-order valence-corrected chi connectivity index (χ3v) is 4.96. The topological polar surface area (TPSA) is 21.3 Å². The van der Waals surface area contributed by atoms with Crippen molar-refractivity contribution in [3.05, 3.63) is 34.9 Å². The average molecular weight is 296 g/mol. The third kappa shape index (κ3) is 3.36. The van der Waals surface area contributed by atoms with E-state index in [0.717, 1.165) is 30.0 Å². The summed E-state index contributed by atoms with van der Waals surface area (Å²) in [5, 5.41) is 4.42. The molecule has 3 unspecified atom stereocenters. The fourth-order valence-corrected chi connectivity index (χ4v) is 3.22. The SMILES string of the molecule is CCCNC1CC(OCc2cccc(Cl)c2)C1(C)CC. The van der Waals surface area contributed by atoms with E-state index in [1.165, 1.54) is 6.42 Å². The van der Waals surface area contributed by atoms with Gasteiger partial charge in [0.25, 0.3) is 0 Å². The number of nitrogens with one attached hydrogen (secondary N) is 1. The first-order valence-electron chi connectivity index (χ1n) is 7.69. The lowest BCUT2D eigenvalue weighted by Gasteiger charge is -2.54. The lowest BCUT2D eigenvalue weighted by Crippen LogP contribution is -2.62. The molecule has 0 saturated heterocycles. The fraction of sp³-hybridized carbons (Fsp3) is 0.647. The van der Waals surface area contributed by atoms with E-state index in [4.69, 9.17) is 16.3 Å². The van der Waals surface area contributed by atoms with Crippen molar-refractivity contribution in [2.75, 3.05) is 6.54 Å². The molecule has 1 saturated carbocycles. The van der Waals surface area contributed by atoms with E-state index in [2.05, 4.69) is 32.2 Å². The summed E-state index contributed by atoms with van der Waals surface area (Å²) in [6.07, 6.45) is 3.80. The number of benzene rings is 1. The van der Waals surface area contributed by atoms with E-state index in [1.54, 1.807) is 0 Å². The van der Waals surface area contributed by atoms with Crippen LogP contribution < -0.4 is 5.32 Å². The van der Waals surface area contributed by atoms with E-state index in [1.807, 2.05) is 18.2 Å². The molecule has 1 fully saturated rings. The molecule has 0 aromatic heterocycles. The predicted molar refractivity (Wildman–Crippen MR) is 85.1 cm³/mol. The molecule has 3 heteroatoms. The van der Waals surface area contributed by atoms with Crippen LogP contribution in [0.3, 0.4) is 0 Å². The van der Waals surface area contributed by atoms with Crippen LogP contribution in [-0.2, 0) is 11.3 Å². The minimum atomic E-state index is 0.258. The summed E-state index contributed by atoms with van der Waals surface area (Å²) in [7, 11) is 0. The highest BCUT2D eigenvalue weighted by atomic mass is 35.5. The van der Waals surface area contributed by atoms with Crippen molar-refractivity contribution in [3.8, 4) is 0 Å². The highest BCUT2D eigenvalue weighted by Crippen LogP contribution is 2.46. The van der Waals surface area contributed by atoms with Gasteiger partial charge in [-0.3, -0.25) is 0 Å². The van der Waals surface area contributed by atoms with Gasteiger partial charge in [-0.2, -0.15) is 0 Å². The van der Waals surface area contributed by atoms with Crippen molar-refractivity contribution in [1.82, 2.24) is 5.32 Å². The van der Waals surface area contributed by atoms with E-state index >= 15 is 0 Å². The van der Waals surface area contributed by atoms with E-state index in [0.29, 0.717) is 18.8 Å². The minimum Gasteiger partial charge on any atom is -0.373 e. The summed E-state index contributed by atoms with van der Waals surface area (Å²) >= 11 is 6.01. The first-order chi connectivity index (χ1) is 9.60. The second kappa shape index (κ2) is 6.93. The zero-order valence-electron chi connectivity index (χ0n) is 12.8. The highest BCUT2D eigenvalue weighted by molar-refractivity contribution is 6.30. The minimum absolute atomic E-state index is 0.258. The Bertz CT molecular complexity index is 437. The summed E-state index contributed by atoms with van der Waals surface area (Å²) in [6.45, 7) is 8.56. The fourth-order valence-electron chi connectivity index (χ4n) is 3.01. The number of ether oxygens (including phenoxy) is 1. The molecule has 0 heterocycles. The molecule has 1 N–H and O–H groups in total. The van der Waals surface area contributed by atoms with E-state index < -0.39 is 0 Å². The Hall–Kier alpha value is -0.570. The molecule has 0 aliphatic heterocycles. The number of rotatable bonds is 7. The van der Waals surface area contributed by atoms with E-state index in [9.17, 15) is 0 Å². The number of halogens is 1. The van der Waals surface area contributed by atoms with Gasteiger partial charge in [-0.25, -0.2) is 0 Å². The molecule has 112 valence electrons. The van der Waals surface area contributed by atoms with Crippen LogP contribution in [-0.4, -0.2) is 18.7 Å². The van der Waals surface area contributed by atoms with Crippen molar-refractivity contribution >= 4 is 11.6 Å². The van der Waals surface area contributed by atoms with Gasteiger partial charge >= 0.3 is 0 Å². The standard InChI is InChI=1S/C17H26ClNO/c1-4-9-19-15-11-16(17(15,3)5-2)20-12-13-7-6-8-14(18)10-13/h6-8,10,15-16,19H,4-5,9,11-12H2,1-3H3. The van der Waals surface area contributed by atoms with Crippen molar-refractivity contribution in [2.45, 2.75) is 58.8 Å². The molecule has 1 aromatic carbocycles. The van der Waals surface area contributed by atoms with Crippen molar-refractivity contribution in [3.63, 3.8) is 0 Å². The van der Waals surface area contributed by atoms with Crippen LogP contribution in [0, 0.1) is 5.41 Å². The van der Waals surface area contributed by atoms with Gasteiger partial charge in [0.2, 0.25) is 0 Å². The van der Waals surface area contributed by atoms with Crippen LogP contribution in [0.15, 0.2) is 24.3 Å². The van der Waals surface area contributed by atoms with Crippen molar-refractivity contribution in [1.29, 1.82) is 0 Å². The third-order valence-electron chi connectivity index (χ3n) is 4.72. The summed E-state index contributed by atoms with van der Waals surface area (Å²) in [5.41, 5.74) is 1.41. The van der Waals surface area contributed by atoms with Crippen LogP contribution in [0.25, 0.3) is 0 Å². The molecule has 0 spiro atoms. The largest absolute Gasteiger partial charge is 0.373 e. The normalized spacial score (nSPS) is 29.2. The van der Waals surface area contributed by atoms with Gasteiger partial charge in [-0.1, -0.05) is 44.5 Å². The van der Waals surface area contributed by atoms with Gasteiger partial charge in [0.1, 0.15) is 0 Å². The van der Waals surface area contributed by atoms with Gasteiger partial charge in [0, 0.05) is 16.5 Å². The molecule has 2 rings (SSSR count). The Morgan fingerprint density at radius 3 is 2.85 bits per heavy atom. The van der Waals surface area contributed by atoms with Crippen LogP contribution in [0.5, 0.6) is 0 Å². The molecule has 0 bridgehead atoms. The Labute approximate surface area is 127 Å². The summed E-state index contributed by atoms with van der Waals surface area (Å²) < 4.78 is 6.14. The summed E-state index contributed by atoms with van der Waals surface area (Å²) in [4.78, 5) is 0. The Morgan fingerprint density at radius 1 is 1.40 bits per heavy atom. The van der Waals surface area contributed by atoms with Crippen LogP contribution >= 0.6 is 11.6 Å². The second-order valence-electron chi connectivity index (χ2n) is 6.03. The molecular weight excluding hydrogens is 270 g/mol. The van der Waals surface area contributed by atoms with Gasteiger partial charge in [0.15, 0.2) is 0 Å². The van der Waals surface area contributed by atoms with Gasteiger partial charge in [-0.05, 0) is 43.5 Å². The molecule has 0 radical (unpaired) electrons. The zero-order chi connectivity index (χ0) is 14.6. The predicted octanol–water partition coefficient (Wildman–Crippen LogP) is 4.41. The van der Waals surface area contributed by atoms with Crippen LogP contribution in [0.4, 0.5) is 0 Å². The lowest BCUT2D eigenvalue weighted by atomic mass is 9.61. The summed E-state index contributed by atoms with van der Waals surface area (Å²) in [5.74, 6) is 0.